The molecule has 0 bridgehead atoms. The lowest BCUT2D eigenvalue weighted by Crippen LogP contribution is -2.27. The summed E-state index contributed by atoms with van der Waals surface area (Å²) in [4.78, 5) is 12.1. The van der Waals surface area contributed by atoms with E-state index in [4.69, 9.17) is 16.3 Å². The van der Waals surface area contributed by atoms with Gasteiger partial charge in [-0.15, -0.1) is 12.4 Å². The van der Waals surface area contributed by atoms with Crippen LogP contribution in [0.25, 0.3) is 0 Å². The first-order chi connectivity index (χ1) is 12.7. The molecule has 146 valence electrons. The quantitative estimate of drug-likeness (QED) is 0.693. The van der Waals surface area contributed by atoms with Crippen LogP contribution < -0.4 is 15.4 Å². The Morgan fingerprint density at radius 3 is 2.74 bits per heavy atom. The number of hydrogen-bond donors (Lipinski definition) is 2. The molecule has 1 atom stereocenters. The van der Waals surface area contributed by atoms with Crippen molar-refractivity contribution < 1.29 is 9.53 Å². The smallest absolute Gasteiger partial charge is 0.224 e. The predicted molar refractivity (Wildman–Crippen MR) is 112 cm³/mol. The molecule has 2 aromatic rings. The van der Waals surface area contributed by atoms with E-state index in [9.17, 15) is 4.79 Å². The normalized spacial score (nSPS) is 15.8. The Balaban J connectivity index is 0.00000261. The van der Waals surface area contributed by atoms with Crippen LogP contribution in [0, 0.1) is 5.92 Å². The number of amides is 1. The average molecular weight is 409 g/mol. The summed E-state index contributed by atoms with van der Waals surface area (Å²) in [6.07, 6.45) is 2.63. The van der Waals surface area contributed by atoms with E-state index in [1.165, 1.54) is 6.42 Å². The van der Waals surface area contributed by atoms with Crippen LogP contribution in [0.4, 0.5) is 0 Å². The van der Waals surface area contributed by atoms with E-state index in [2.05, 4.69) is 10.6 Å². The fourth-order valence-electron chi connectivity index (χ4n) is 3.12. The van der Waals surface area contributed by atoms with Crippen LogP contribution in [-0.2, 0) is 17.8 Å². The maximum Gasteiger partial charge on any atom is 0.224 e. The first kappa shape index (κ1) is 21.5. The molecular weight excluding hydrogens is 383 g/mol. The number of benzene rings is 2. The molecular formula is C21H26Cl2N2O2. The van der Waals surface area contributed by atoms with Crippen LogP contribution >= 0.6 is 24.0 Å². The van der Waals surface area contributed by atoms with Crippen molar-refractivity contribution in [2.75, 3.05) is 19.6 Å². The summed E-state index contributed by atoms with van der Waals surface area (Å²) in [5, 5.41) is 7.08. The second-order valence-electron chi connectivity index (χ2n) is 6.74. The van der Waals surface area contributed by atoms with Gasteiger partial charge < -0.3 is 15.4 Å². The monoisotopic (exact) mass is 408 g/mol. The van der Waals surface area contributed by atoms with Crippen molar-refractivity contribution in [2.24, 2.45) is 5.92 Å². The average Bonchev–Trinajstić information content (AvgIpc) is 3.15. The SMILES string of the molecule is Cl.O=C(Cc1cccc(OCc2ccc(Cl)cc2)c1)NCCC1CCNC1. The Hall–Kier alpha value is -1.75. The Labute approximate surface area is 172 Å². The molecule has 6 heteroatoms. The highest BCUT2D eigenvalue weighted by Crippen LogP contribution is 2.17. The summed E-state index contributed by atoms with van der Waals surface area (Å²) in [7, 11) is 0. The third-order valence-electron chi connectivity index (χ3n) is 4.62. The van der Waals surface area contributed by atoms with Crippen LogP contribution in [0.3, 0.4) is 0 Å². The first-order valence-corrected chi connectivity index (χ1v) is 9.50. The third kappa shape index (κ3) is 7.41. The second kappa shape index (κ2) is 11.2. The number of halogens is 2. The zero-order valence-corrected chi connectivity index (χ0v) is 16.8. The molecule has 0 saturated carbocycles. The molecule has 2 aromatic carbocycles. The van der Waals surface area contributed by atoms with Crippen LogP contribution in [0.15, 0.2) is 48.5 Å². The van der Waals surface area contributed by atoms with Crippen molar-refractivity contribution in [3.63, 3.8) is 0 Å². The van der Waals surface area contributed by atoms with E-state index in [-0.39, 0.29) is 18.3 Å². The molecule has 1 aliphatic rings. The van der Waals surface area contributed by atoms with Gasteiger partial charge in [0.2, 0.25) is 5.91 Å². The number of nitrogens with one attached hydrogen (secondary N) is 2. The van der Waals surface area contributed by atoms with Gasteiger partial charge in [0.15, 0.2) is 0 Å². The van der Waals surface area contributed by atoms with Gasteiger partial charge in [-0.2, -0.15) is 0 Å². The van der Waals surface area contributed by atoms with Crippen molar-refractivity contribution in [2.45, 2.75) is 25.9 Å². The largest absolute Gasteiger partial charge is 0.489 e. The molecule has 1 amide bonds. The minimum absolute atomic E-state index is 0. The highest BCUT2D eigenvalue weighted by atomic mass is 35.5. The van der Waals surface area contributed by atoms with Gasteiger partial charge >= 0.3 is 0 Å². The summed E-state index contributed by atoms with van der Waals surface area (Å²) < 4.78 is 5.82. The van der Waals surface area contributed by atoms with Gasteiger partial charge in [-0.3, -0.25) is 4.79 Å². The fraction of sp³-hybridized carbons (Fsp3) is 0.381. The Kier molecular flexibility index (Phi) is 8.92. The number of hydrogen-bond acceptors (Lipinski definition) is 3. The lowest BCUT2D eigenvalue weighted by atomic mass is 10.1. The first-order valence-electron chi connectivity index (χ1n) is 9.12. The number of ether oxygens (including phenoxy) is 1. The minimum Gasteiger partial charge on any atom is -0.489 e. The summed E-state index contributed by atoms with van der Waals surface area (Å²) in [5.41, 5.74) is 2.01. The number of carbonyl (C=O) groups excluding carboxylic acids is 1. The topological polar surface area (TPSA) is 50.4 Å². The molecule has 1 heterocycles. The van der Waals surface area contributed by atoms with Crippen LogP contribution in [0.5, 0.6) is 5.75 Å². The third-order valence-corrected chi connectivity index (χ3v) is 4.87. The van der Waals surface area contributed by atoms with Crippen LogP contribution in [0.2, 0.25) is 5.02 Å². The number of rotatable bonds is 8. The highest BCUT2D eigenvalue weighted by molar-refractivity contribution is 6.30. The highest BCUT2D eigenvalue weighted by Gasteiger charge is 2.14. The van der Waals surface area contributed by atoms with E-state index in [0.717, 1.165) is 42.9 Å². The molecule has 3 rings (SSSR count). The molecule has 1 saturated heterocycles. The molecule has 1 unspecified atom stereocenters. The maximum absolute atomic E-state index is 12.1. The Morgan fingerprint density at radius 2 is 2.00 bits per heavy atom. The van der Waals surface area contributed by atoms with Crippen molar-refractivity contribution >= 4 is 29.9 Å². The lowest BCUT2D eigenvalue weighted by molar-refractivity contribution is -0.120. The van der Waals surface area contributed by atoms with Gasteiger partial charge in [0.25, 0.3) is 0 Å². The summed E-state index contributed by atoms with van der Waals surface area (Å²) >= 11 is 5.89. The van der Waals surface area contributed by atoms with Crippen molar-refractivity contribution in [3.05, 3.63) is 64.7 Å². The minimum atomic E-state index is 0. The predicted octanol–water partition coefficient (Wildman–Crippen LogP) is 4.00. The molecule has 0 radical (unpaired) electrons. The maximum atomic E-state index is 12.1. The Morgan fingerprint density at radius 1 is 1.19 bits per heavy atom. The lowest BCUT2D eigenvalue weighted by Gasteiger charge is -2.10. The molecule has 4 nitrogen and oxygen atoms in total. The van der Waals surface area contributed by atoms with E-state index in [0.29, 0.717) is 24.0 Å². The van der Waals surface area contributed by atoms with E-state index in [1.807, 2.05) is 48.5 Å². The van der Waals surface area contributed by atoms with Gasteiger partial charge in [0.1, 0.15) is 12.4 Å². The van der Waals surface area contributed by atoms with Gasteiger partial charge in [0, 0.05) is 11.6 Å². The van der Waals surface area contributed by atoms with Gasteiger partial charge in [-0.25, -0.2) is 0 Å². The molecule has 0 aromatic heterocycles. The zero-order chi connectivity index (χ0) is 18.2. The molecule has 1 fully saturated rings. The molecule has 2 N–H and O–H groups in total. The van der Waals surface area contributed by atoms with E-state index < -0.39 is 0 Å². The summed E-state index contributed by atoms with van der Waals surface area (Å²) in [6.45, 7) is 3.39. The molecule has 0 aliphatic carbocycles. The van der Waals surface area contributed by atoms with Crippen LogP contribution in [-0.4, -0.2) is 25.5 Å². The second-order valence-corrected chi connectivity index (χ2v) is 7.17. The van der Waals surface area contributed by atoms with E-state index in [1.54, 1.807) is 0 Å². The molecule has 1 aliphatic heterocycles. The summed E-state index contributed by atoms with van der Waals surface area (Å²) in [6, 6.07) is 15.3. The Bertz CT molecular complexity index is 716. The van der Waals surface area contributed by atoms with Crippen molar-refractivity contribution in [3.8, 4) is 5.75 Å². The van der Waals surface area contributed by atoms with Gasteiger partial charge in [-0.1, -0.05) is 35.9 Å². The van der Waals surface area contributed by atoms with Crippen molar-refractivity contribution in [1.82, 2.24) is 10.6 Å². The standard InChI is InChI=1S/C21H25ClN2O2.ClH/c22-19-6-4-17(5-7-19)15-26-20-3-1-2-18(12-20)13-21(25)24-11-9-16-8-10-23-14-16;/h1-7,12,16,23H,8-11,13-15H2,(H,24,25);1H. The molecule has 0 spiro atoms. The van der Waals surface area contributed by atoms with Gasteiger partial charge in [-0.05, 0) is 67.2 Å². The van der Waals surface area contributed by atoms with Gasteiger partial charge in [0.05, 0.1) is 6.42 Å². The number of carbonyl (C=O) groups is 1. The van der Waals surface area contributed by atoms with Crippen LogP contribution in [0.1, 0.15) is 24.0 Å². The fourth-order valence-corrected chi connectivity index (χ4v) is 3.24. The summed E-state index contributed by atoms with van der Waals surface area (Å²) in [5.74, 6) is 1.52. The molecule has 27 heavy (non-hydrogen) atoms. The van der Waals surface area contributed by atoms with E-state index >= 15 is 0 Å². The zero-order valence-electron chi connectivity index (χ0n) is 15.2. The van der Waals surface area contributed by atoms with Crippen molar-refractivity contribution in [1.29, 1.82) is 0 Å².